The maximum atomic E-state index is 10.9. The Kier molecular flexibility index (Phi) is 3.93. The first-order chi connectivity index (χ1) is 6.56. The second kappa shape index (κ2) is 4.78. The van der Waals surface area contributed by atoms with Gasteiger partial charge in [-0.25, -0.2) is 0 Å². The Morgan fingerprint density at radius 3 is 2.71 bits per heavy atom. The van der Waals surface area contributed by atoms with Gasteiger partial charge in [-0.05, 0) is 46.2 Å². The number of ether oxygens (including phenoxy) is 1. The zero-order chi connectivity index (χ0) is 10.6. The van der Waals surface area contributed by atoms with Gasteiger partial charge in [0.05, 0.1) is 7.11 Å². The van der Waals surface area contributed by atoms with E-state index in [1.807, 2.05) is 0 Å². The summed E-state index contributed by atoms with van der Waals surface area (Å²) in [6.45, 7) is 6.74. The lowest BCUT2D eigenvalue weighted by atomic mass is 10.0. The molecule has 0 bridgehead atoms. The molecule has 0 N–H and O–H groups in total. The standard InChI is InChI=1S/C11H21NO2/c1-11(2)7-5-9-12(11)8-4-6-10(13)14-3/h4-9H2,1-3H3. The number of carbonyl (C=O) groups excluding carboxylic acids is 1. The number of hydrogen-bond donors (Lipinski definition) is 0. The van der Waals surface area contributed by atoms with Crippen molar-refractivity contribution in [1.29, 1.82) is 0 Å². The SMILES string of the molecule is COC(=O)CCCN1CCCC1(C)C. The van der Waals surface area contributed by atoms with E-state index in [9.17, 15) is 4.79 Å². The molecule has 0 aliphatic carbocycles. The molecule has 0 radical (unpaired) electrons. The predicted octanol–water partition coefficient (Wildman–Crippen LogP) is 1.81. The van der Waals surface area contributed by atoms with Gasteiger partial charge in [-0.3, -0.25) is 9.69 Å². The minimum Gasteiger partial charge on any atom is -0.469 e. The van der Waals surface area contributed by atoms with Crippen LogP contribution in [-0.2, 0) is 9.53 Å². The van der Waals surface area contributed by atoms with Gasteiger partial charge in [0.1, 0.15) is 0 Å². The molecule has 82 valence electrons. The van der Waals surface area contributed by atoms with Crippen LogP contribution in [0.25, 0.3) is 0 Å². The molecule has 0 aromatic heterocycles. The van der Waals surface area contributed by atoms with Crippen LogP contribution in [0.2, 0.25) is 0 Å². The summed E-state index contributed by atoms with van der Waals surface area (Å²) in [7, 11) is 1.45. The molecule has 0 unspecified atom stereocenters. The van der Waals surface area contributed by atoms with Gasteiger partial charge in [-0.1, -0.05) is 0 Å². The van der Waals surface area contributed by atoms with Gasteiger partial charge in [0, 0.05) is 12.0 Å². The molecule has 0 saturated carbocycles. The lowest BCUT2D eigenvalue weighted by Gasteiger charge is -2.31. The maximum Gasteiger partial charge on any atom is 0.305 e. The Balaban J connectivity index is 2.21. The van der Waals surface area contributed by atoms with Gasteiger partial charge in [-0.15, -0.1) is 0 Å². The number of hydrogen-bond acceptors (Lipinski definition) is 3. The molecule has 1 heterocycles. The highest BCUT2D eigenvalue weighted by molar-refractivity contribution is 5.69. The maximum absolute atomic E-state index is 10.9. The van der Waals surface area contributed by atoms with Crippen molar-refractivity contribution in [2.45, 2.75) is 45.1 Å². The number of likely N-dealkylation sites (tertiary alicyclic amines) is 1. The molecular weight excluding hydrogens is 178 g/mol. The average Bonchev–Trinajstić information content (AvgIpc) is 2.45. The zero-order valence-electron chi connectivity index (χ0n) is 9.51. The minimum absolute atomic E-state index is 0.0954. The lowest BCUT2D eigenvalue weighted by molar-refractivity contribution is -0.140. The second-order valence-electron chi connectivity index (χ2n) is 4.58. The highest BCUT2D eigenvalue weighted by Crippen LogP contribution is 2.28. The topological polar surface area (TPSA) is 29.5 Å². The first kappa shape index (κ1) is 11.5. The predicted molar refractivity (Wildman–Crippen MR) is 56.1 cm³/mol. The smallest absolute Gasteiger partial charge is 0.305 e. The van der Waals surface area contributed by atoms with Gasteiger partial charge in [0.15, 0.2) is 0 Å². The number of methoxy groups -OCH3 is 1. The summed E-state index contributed by atoms with van der Waals surface area (Å²) in [5.41, 5.74) is 0.329. The number of rotatable bonds is 4. The van der Waals surface area contributed by atoms with Crippen molar-refractivity contribution in [2.75, 3.05) is 20.2 Å². The van der Waals surface area contributed by atoms with Crippen LogP contribution >= 0.6 is 0 Å². The van der Waals surface area contributed by atoms with Gasteiger partial charge >= 0.3 is 5.97 Å². The molecule has 0 aromatic carbocycles. The fraction of sp³-hybridized carbons (Fsp3) is 0.909. The van der Waals surface area contributed by atoms with Crippen molar-refractivity contribution in [3.8, 4) is 0 Å². The first-order valence-corrected chi connectivity index (χ1v) is 5.38. The molecular formula is C11H21NO2. The monoisotopic (exact) mass is 199 g/mol. The van der Waals surface area contributed by atoms with Crippen LogP contribution in [0.3, 0.4) is 0 Å². The van der Waals surface area contributed by atoms with Gasteiger partial charge in [0.2, 0.25) is 0 Å². The van der Waals surface area contributed by atoms with E-state index in [1.54, 1.807) is 0 Å². The van der Waals surface area contributed by atoms with Gasteiger partial charge in [-0.2, -0.15) is 0 Å². The van der Waals surface area contributed by atoms with Crippen LogP contribution in [0, 0.1) is 0 Å². The zero-order valence-corrected chi connectivity index (χ0v) is 9.51. The Bertz CT molecular complexity index is 201. The van der Waals surface area contributed by atoms with Crippen molar-refractivity contribution in [1.82, 2.24) is 4.90 Å². The van der Waals surface area contributed by atoms with Crippen LogP contribution in [0.5, 0.6) is 0 Å². The molecule has 1 rings (SSSR count). The molecule has 0 atom stereocenters. The highest BCUT2D eigenvalue weighted by Gasteiger charge is 2.30. The first-order valence-electron chi connectivity index (χ1n) is 5.38. The normalized spacial score (nSPS) is 21.1. The molecule has 3 heteroatoms. The van der Waals surface area contributed by atoms with E-state index < -0.39 is 0 Å². The molecule has 0 amide bonds. The average molecular weight is 199 g/mol. The molecule has 0 aromatic rings. The van der Waals surface area contributed by atoms with E-state index >= 15 is 0 Å². The van der Waals surface area contributed by atoms with Crippen LogP contribution in [-0.4, -0.2) is 36.6 Å². The van der Waals surface area contributed by atoms with Crippen molar-refractivity contribution in [3.05, 3.63) is 0 Å². The molecule has 1 saturated heterocycles. The minimum atomic E-state index is -0.0954. The van der Waals surface area contributed by atoms with E-state index in [1.165, 1.54) is 26.5 Å². The summed E-state index contributed by atoms with van der Waals surface area (Å²) in [5, 5.41) is 0. The number of nitrogens with zero attached hydrogens (tertiary/aromatic N) is 1. The van der Waals surface area contributed by atoms with E-state index in [4.69, 9.17) is 0 Å². The molecule has 0 spiro atoms. The highest BCUT2D eigenvalue weighted by atomic mass is 16.5. The largest absolute Gasteiger partial charge is 0.469 e. The quantitative estimate of drug-likeness (QED) is 0.647. The van der Waals surface area contributed by atoms with Crippen molar-refractivity contribution >= 4 is 5.97 Å². The Labute approximate surface area is 86.4 Å². The Morgan fingerprint density at radius 2 is 2.21 bits per heavy atom. The third kappa shape index (κ3) is 2.98. The number of carbonyl (C=O) groups is 1. The lowest BCUT2D eigenvalue weighted by Crippen LogP contribution is -2.38. The van der Waals surface area contributed by atoms with E-state index in [-0.39, 0.29) is 5.97 Å². The van der Waals surface area contributed by atoms with Gasteiger partial charge in [0.25, 0.3) is 0 Å². The molecule has 14 heavy (non-hydrogen) atoms. The van der Waals surface area contributed by atoms with Crippen LogP contribution in [0.1, 0.15) is 39.5 Å². The summed E-state index contributed by atoms with van der Waals surface area (Å²) in [5.74, 6) is -0.0954. The summed E-state index contributed by atoms with van der Waals surface area (Å²) >= 11 is 0. The van der Waals surface area contributed by atoms with Crippen LogP contribution < -0.4 is 0 Å². The van der Waals surface area contributed by atoms with E-state index in [2.05, 4.69) is 23.5 Å². The molecule has 1 aliphatic heterocycles. The third-order valence-corrected chi connectivity index (χ3v) is 3.11. The summed E-state index contributed by atoms with van der Waals surface area (Å²) in [6.07, 6.45) is 4.01. The Hall–Kier alpha value is -0.570. The van der Waals surface area contributed by atoms with Crippen LogP contribution in [0.15, 0.2) is 0 Å². The molecule has 3 nitrogen and oxygen atoms in total. The summed E-state index contributed by atoms with van der Waals surface area (Å²) in [6, 6.07) is 0. The van der Waals surface area contributed by atoms with E-state index in [0.717, 1.165) is 13.0 Å². The van der Waals surface area contributed by atoms with E-state index in [0.29, 0.717) is 12.0 Å². The van der Waals surface area contributed by atoms with Crippen molar-refractivity contribution in [2.24, 2.45) is 0 Å². The molecule has 1 aliphatic rings. The Morgan fingerprint density at radius 1 is 1.50 bits per heavy atom. The second-order valence-corrected chi connectivity index (χ2v) is 4.58. The summed E-state index contributed by atoms with van der Waals surface area (Å²) in [4.78, 5) is 13.4. The fourth-order valence-corrected chi connectivity index (χ4v) is 2.09. The summed E-state index contributed by atoms with van der Waals surface area (Å²) < 4.78 is 4.61. The van der Waals surface area contributed by atoms with Gasteiger partial charge < -0.3 is 4.74 Å². The van der Waals surface area contributed by atoms with Crippen molar-refractivity contribution < 1.29 is 9.53 Å². The number of esters is 1. The third-order valence-electron chi connectivity index (χ3n) is 3.11. The fourth-order valence-electron chi connectivity index (χ4n) is 2.09. The van der Waals surface area contributed by atoms with Crippen LogP contribution in [0.4, 0.5) is 0 Å². The molecule has 1 fully saturated rings. The van der Waals surface area contributed by atoms with Crippen molar-refractivity contribution in [3.63, 3.8) is 0 Å².